The fraction of sp³-hybridized carbons (Fsp3) is 0.825. The molecule has 1 aliphatic rings. The van der Waals surface area contributed by atoms with Gasteiger partial charge in [0.15, 0.2) is 6.29 Å². The maximum atomic E-state index is 13.1. The smallest absolute Gasteiger partial charge is 0.305 e. The van der Waals surface area contributed by atoms with Crippen molar-refractivity contribution in [1.29, 1.82) is 0 Å². The number of nitrogens with one attached hydrogen (secondary N) is 1. The molecule has 0 aromatic rings. The Bertz CT molecular complexity index is 1740. The second-order valence-corrected chi connectivity index (χ2v) is 26.7. The number of esters is 1. The summed E-state index contributed by atoms with van der Waals surface area (Å²) >= 11 is 0. The Balaban J connectivity index is 1.96. The largest absolute Gasteiger partial charge is 0.466 e. The second kappa shape index (κ2) is 68.5. The van der Waals surface area contributed by atoms with Gasteiger partial charge in [0.1, 0.15) is 24.4 Å². The lowest BCUT2D eigenvalue weighted by Gasteiger charge is -2.40. The van der Waals surface area contributed by atoms with Gasteiger partial charge in [-0.3, -0.25) is 9.59 Å². The number of carbonyl (C=O) groups excluding carboxylic acids is 2. The summed E-state index contributed by atoms with van der Waals surface area (Å²) in [7, 11) is 0. The second-order valence-electron chi connectivity index (χ2n) is 26.7. The first-order chi connectivity index (χ1) is 44.7. The third kappa shape index (κ3) is 57.1. The van der Waals surface area contributed by atoms with Gasteiger partial charge < -0.3 is 45.1 Å². The van der Waals surface area contributed by atoms with Gasteiger partial charge in [0.2, 0.25) is 5.91 Å². The van der Waals surface area contributed by atoms with Crippen molar-refractivity contribution in [2.24, 2.45) is 0 Å². The molecule has 0 aromatic carbocycles. The Morgan fingerprint density at radius 2 is 0.769 bits per heavy atom. The topological polar surface area (TPSA) is 175 Å². The Kier molecular flexibility index (Phi) is 64.8. The van der Waals surface area contributed by atoms with E-state index in [-0.39, 0.29) is 18.5 Å². The van der Waals surface area contributed by atoms with Crippen LogP contribution in [0.3, 0.4) is 0 Å². The molecule has 0 bridgehead atoms. The minimum absolute atomic E-state index is 0.00575. The van der Waals surface area contributed by atoms with Crippen molar-refractivity contribution in [2.75, 3.05) is 19.8 Å². The van der Waals surface area contributed by atoms with E-state index >= 15 is 0 Å². The van der Waals surface area contributed by atoms with Gasteiger partial charge in [0.25, 0.3) is 0 Å². The number of hydrogen-bond acceptors (Lipinski definition) is 10. The predicted octanol–water partition coefficient (Wildman–Crippen LogP) is 20.6. The zero-order valence-corrected chi connectivity index (χ0v) is 59.1. The number of allylic oxidation sites excluding steroid dienone is 11. The molecule has 0 radical (unpaired) electrons. The van der Waals surface area contributed by atoms with E-state index in [1.165, 1.54) is 263 Å². The number of amides is 1. The molecule has 7 unspecified atom stereocenters. The van der Waals surface area contributed by atoms with Crippen LogP contribution in [0.2, 0.25) is 0 Å². The maximum Gasteiger partial charge on any atom is 0.305 e. The van der Waals surface area contributed by atoms with Crippen LogP contribution in [-0.4, -0.2) is 100 Å². The average Bonchev–Trinajstić information content (AvgIpc) is 1.72. The minimum Gasteiger partial charge on any atom is -0.466 e. The van der Waals surface area contributed by atoms with Crippen LogP contribution in [0.5, 0.6) is 0 Å². The first-order valence-corrected chi connectivity index (χ1v) is 38.7. The summed E-state index contributed by atoms with van der Waals surface area (Å²) in [5.41, 5.74) is 0. The number of hydrogen-bond donors (Lipinski definition) is 6. The summed E-state index contributed by atoms with van der Waals surface area (Å²) in [5, 5.41) is 54.6. The zero-order valence-electron chi connectivity index (χ0n) is 59.1. The highest BCUT2D eigenvalue weighted by Crippen LogP contribution is 2.23. The highest BCUT2D eigenvalue weighted by Gasteiger charge is 2.44. The van der Waals surface area contributed by atoms with Crippen molar-refractivity contribution in [3.63, 3.8) is 0 Å². The first-order valence-electron chi connectivity index (χ1n) is 38.7. The molecule has 1 amide bonds. The average molecular weight is 1280 g/mol. The van der Waals surface area contributed by atoms with Gasteiger partial charge >= 0.3 is 5.97 Å². The molecule has 11 heteroatoms. The Morgan fingerprint density at radius 1 is 0.407 bits per heavy atom. The van der Waals surface area contributed by atoms with Crippen LogP contribution in [0.15, 0.2) is 72.9 Å². The van der Waals surface area contributed by atoms with Gasteiger partial charge in [0, 0.05) is 12.8 Å². The molecule has 1 rings (SSSR count). The molecule has 0 aliphatic carbocycles. The summed E-state index contributed by atoms with van der Waals surface area (Å²) < 4.78 is 16.7. The van der Waals surface area contributed by atoms with Gasteiger partial charge in [0.05, 0.1) is 32.0 Å². The molecule has 0 spiro atoms. The molecule has 6 N–H and O–H groups in total. The molecule has 7 atom stereocenters. The number of ether oxygens (including phenoxy) is 3. The van der Waals surface area contributed by atoms with Crippen LogP contribution in [-0.2, 0) is 23.8 Å². The van der Waals surface area contributed by atoms with E-state index in [1.807, 2.05) is 6.08 Å². The van der Waals surface area contributed by atoms with Gasteiger partial charge in [-0.2, -0.15) is 0 Å². The molecule has 1 aliphatic heterocycles. The standard InChI is InChI=1S/C80H145NO10/c1-3-5-7-9-11-13-15-17-39-43-46-50-54-58-62-66-73(83)72(71-90-80-79(88)78(87)77(86)74(70-82)91-80)81-75(84)67-63-59-55-51-47-44-40-37-35-33-31-29-27-25-23-21-19-18-20-22-24-26-28-30-32-34-36-38-41-45-49-53-57-61-65-69-89-76(85)68-64-60-56-52-48-42-16-14-12-10-8-6-4-2/h8,10,14,16,20,22,26,28,46,50,62,66,72-74,77-80,82-83,86-88H,3-7,9,11-13,15,17-19,21,23-25,27,29-45,47-49,51-61,63-65,67-71H2,1-2H3,(H,81,84)/b10-8-,16-14-,22-20-,28-26-,50-46+,66-62+. The zero-order chi connectivity index (χ0) is 65.8. The Morgan fingerprint density at radius 3 is 1.20 bits per heavy atom. The van der Waals surface area contributed by atoms with E-state index in [0.29, 0.717) is 19.4 Å². The summed E-state index contributed by atoms with van der Waals surface area (Å²) in [6.07, 6.45) is 83.4. The van der Waals surface area contributed by atoms with E-state index in [2.05, 4.69) is 79.9 Å². The number of unbranched alkanes of at least 4 members (excludes halogenated alkanes) is 44. The molecule has 1 heterocycles. The van der Waals surface area contributed by atoms with Crippen LogP contribution in [0, 0.1) is 0 Å². The highest BCUT2D eigenvalue weighted by atomic mass is 16.7. The highest BCUT2D eigenvalue weighted by molar-refractivity contribution is 5.76. The maximum absolute atomic E-state index is 13.1. The van der Waals surface area contributed by atoms with Crippen molar-refractivity contribution in [1.82, 2.24) is 5.32 Å². The molecule has 11 nitrogen and oxygen atoms in total. The van der Waals surface area contributed by atoms with E-state index in [0.717, 1.165) is 70.6 Å². The molecular weight excluding hydrogens is 1130 g/mol. The molecule has 0 aromatic heterocycles. The van der Waals surface area contributed by atoms with Crippen molar-refractivity contribution < 1.29 is 49.3 Å². The number of carbonyl (C=O) groups is 2. The summed E-state index contributed by atoms with van der Waals surface area (Å²) in [6.45, 7) is 4.29. The Hall–Kier alpha value is -2.90. The molecule has 1 saturated heterocycles. The van der Waals surface area contributed by atoms with Crippen molar-refractivity contribution in [3.05, 3.63) is 72.9 Å². The predicted molar refractivity (Wildman–Crippen MR) is 384 cm³/mol. The van der Waals surface area contributed by atoms with Crippen LogP contribution >= 0.6 is 0 Å². The molecular formula is C80H145NO10. The van der Waals surface area contributed by atoms with Crippen LogP contribution in [0.25, 0.3) is 0 Å². The summed E-state index contributed by atoms with van der Waals surface area (Å²) in [6, 6.07) is -0.828. The lowest BCUT2D eigenvalue weighted by atomic mass is 9.99. The summed E-state index contributed by atoms with van der Waals surface area (Å²) in [5.74, 6) is -0.194. The van der Waals surface area contributed by atoms with Crippen molar-refractivity contribution in [3.8, 4) is 0 Å². The molecule has 530 valence electrons. The van der Waals surface area contributed by atoms with Crippen molar-refractivity contribution >= 4 is 11.9 Å². The van der Waals surface area contributed by atoms with Crippen LogP contribution < -0.4 is 5.32 Å². The number of rotatable bonds is 68. The summed E-state index contributed by atoms with van der Waals surface area (Å²) in [4.78, 5) is 25.1. The third-order valence-corrected chi connectivity index (χ3v) is 18.0. The first kappa shape index (κ1) is 86.1. The van der Waals surface area contributed by atoms with E-state index < -0.39 is 49.5 Å². The van der Waals surface area contributed by atoms with Gasteiger partial charge in [-0.05, 0) is 103 Å². The minimum atomic E-state index is -1.58. The fourth-order valence-electron chi connectivity index (χ4n) is 11.9. The normalized spacial score (nSPS) is 18.0. The SMILES string of the molecule is CCC/C=C\C/C=C\CCCCCCCC(=O)OCCCCCCCCCCCCC/C=C\C/C=C\CCCCCCCCCCCCCCCCCCCC(=O)NC(COC1OC(CO)C(O)C(O)C1O)C(O)/C=C/CC/C=C/CCCCCCCCCCC. The van der Waals surface area contributed by atoms with E-state index in [4.69, 9.17) is 14.2 Å². The fourth-order valence-corrected chi connectivity index (χ4v) is 11.9. The number of aliphatic hydroxyl groups excluding tert-OH is 5. The quantitative estimate of drug-likeness (QED) is 0.0195. The number of aliphatic hydroxyl groups is 5. The lowest BCUT2D eigenvalue weighted by molar-refractivity contribution is -0.302. The van der Waals surface area contributed by atoms with Gasteiger partial charge in [-0.25, -0.2) is 0 Å². The molecule has 91 heavy (non-hydrogen) atoms. The molecule has 0 saturated carbocycles. The van der Waals surface area contributed by atoms with Crippen LogP contribution in [0.1, 0.15) is 361 Å². The molecule has 1 fully saturated rings. The van der Waals surface area contributed by atoms with Gasteiger partial charge in [-0.1, -0.05) is 318 Å². The lowest BCUT2D eigenvalue weighted by Crippen LogP contribution is -2.60. The van der Waals surface area contributed by atoms with E-state index in [9.17, 15) is 35.1 Å². The van der Waals surface area contributed by atoms with Crippen LogP contribution in [0.4, 0.5) is 0 Å². The van der Waals surface area contributed by atoms with E-state index in [1.54, 1.807) is 6.08 Å². The Labute approximate surface area is 560 Å². The monoisotopic (exact) mass is 1280 g/mol. The third-order valence-electron chi connectivity index (χ3n) is 18.0. The van der Waals surface area contributed by atoms with Crippen molar-refractivity contribution in [2.45, 2.75) is 403 Å². The van der Waals surface area contributed by atoms with Gasteiger partial charge in [-0.15, -0.1) is 0 Å².